The standard InChI is InChI=1S/C16H22N2O5S/c1-3-5-14(16(20)21)17-15(19)13-7-6-12(10-11(13)2)18-8-4-9-24(18,22)23/h6-7,10,14H,3-5,8-9H2,1-2H3,(H,17,19)(H,20,21). The van der Waals surface area contributed by atoms with Gasteiger partial charge in [-0.3, -0.25) is 9.10 Å². The van der Waals surface area contributed by atoms with Crippen LogP contribution in [-0.4, -0.2) is 43.7 Å². The maximum atomic E-state index is 12.3. The summed E-state index contributed by atoms with van der Waals surface area (Å²) >= 11 is 0. The molecule has 1 atom stereocenters. The van der Waals surface area contributed by atoms with Crippen molar-refractivity contribution in [1.29, 1.82) is 0 Å². The molecule has 1 aliphatic rings. The Bertz CT molecular complexity index is 745. The molecule has 7 nitrogen and oxygen atoms in total. The van der Waals surface area contributed by atoms with Crippen LogP contribution in [0.3, 0.4) is 0 Å². The molecular formula is C16H22N2O5S. The van der Waals surface area contributed by atoms with Crippen molar-refractivity contribution in [2.24, 2.45) is 0 Å². The minimum atomic E-state index is -3.27. The Kier molecular flexibility index (Phi) is 5.48. The van der Waals surface area contributed by atoms with E-state index in [1.165, 1.54) is 4.31 Å². The van der Waals surface area contributed by atoms with Crippen LogP contribution in [0.15, 0.2) is 18.2 Å². The molecule has 1 heterocycles. The van der Waals surface area contributed by atoms with Crippen LogP contribution in [0.2, 0.25) is 0 Å². The van der Waals surface area contributed by atoms with Crippen LogP contribution in [0.4, 0.5) is 5.69 Å². The number of carbonyl (C=O) groups excluding carboxylic acids is 1. The first-order valence-electron chi connectivity index (χ1n) is 7.91. The SMILES string of the molecule is CCCC(NC(=O)c1ccc(N2CCCS2(=O)=O)cc1C)C(=O)O. The summed E-state index contributed by atoms with van der Waals surface area (Å²) in [6, 6.07) is 3.84. The zero-order valence-corrected chi connectivity index (χ0v) is 14.6. The van der Waals surface area contributed by atoms with Crippen molar-refractivity contribution in [2.45, 2.75) is 39.2 Å². The summed E-state index contributed by atoms with van der Waals surface area (Å²) in [5.74, 6) is -1.40. The van der Waals surface area contributed by atoms with E-state index in [0.29, 0.717) is 42.6 Å². The fourth-order valence-electron chi connectivity index (χ4n) is 2.77. The first-order valence-corrected chi connectivity index (χ1v) is 9.52. The predicted molar refractivity (Wildman–Crippen MR) is 90.7 cm³/mol. The Labute approximate surface area is 141 Å². The van der Waals surface area contributed by atoms with Crippen LogP contribution in [-0.2, 0) is 14.8 Å². The number of carbonyl (C=O) groups is 2. The van der Waals surface area contributed by atoms with Crippen molar-refractivity contribution in [3.63, 3.8) is 0 Å². The Morgan fingerprint density at radius 3 is 2.58 bits per heavy atom. The van der Waals surface area contributed by atoms with Crippen molar-refractivity contribution >= 4 is 27.6 Å². The molecule has 132 valence electrons. The van der Waals surface area contributed by atoms with Gasteiger partial charge < -0.3 is 10.4 Å². The van der Waals surface area contributed by atoms with Crippen LogP contribution in [0.1, 0.15) is 42.1 Å². The van der Waals surface area contributed by atoms with Gasteiger partial charge in [0.05, 0.1) is 11.4 Å². The second kappa shape index (κ2) is 7.21. The molecule has 24 heavy (non-hydrogen) atoms. The molecule has 1 aromatic rings. The molecule has 1 saturated heterocycles. The van der Waals surface area contributed by atoms with Crippen LogP contribution in [0.25, 0.3) is 0 Å². The number of benzene rings is 1. The molecule has 0 spiro atoms. The van der Waals surface area contributed by atoms with Crippen molar-refractivity contribution in [3.8, 4) is 0 Å². The molecule has 1 fully saturated rings. The van der Waals surface area contributed by atoms with Gasteiger partial charge in [0.15, 0.2) is 0 Å². The maximum Gasteiger partial charge on any atom is 0.326 e. The molecular weight excluding hydrogens is 332 g/mol. The molecule has 0 saturated carbocycles. The highest BCUT2D eigenvalue weighted by Gasteiger charge is 2.29. The van der Waals surface area contributed by atoms with Gasteiger partial charge in [0.2, 0.25) is 10.0 Å². The van der Waals surface area contributed by atoms with E-state index in [-0.39, 0.29) is 5.75 Å². The number of nitrogens with one attached hydrogen (secondary N) is 1. The van der Waals surface area contributed by atoms with Gasteiger partial charge in [0.25, 0.3) is 5.91 Å². The lowest BCUT2D eigenvalue weighted by molar-refractivity contribution is -0.139. The number of carboxylic acids is 1. The molecule has 0 aliphatic carbocycles. The fraction of sp³-hybridized carbons (Fsp3) is 0.500. The highest BCUT2D eigenvalue weighted by molar-refractivity contribution is 7.93. The number of aryl methyl sites for hydroxylation is 1. The summed E-state index contributed by atoms with van der Waals surface area (Å²) in [4.78, 5) is 23.5. The quantitative estimate of drug-likeness (QED) is 0.806. The topological polar surface area (TPSA) is 104 Å². The molecule has 0 radical (unpaired) electrons. The van der Waals surface area contributed by atoms with E-state index in [9.17, 15) is 18.0 Å². The van der Waals surface area contributed by atoms with E-state index in [1.807, 2.05) is 6.92 Å². The largest absolute Gasteiger partial charge is 0.480 e. The lowest BCUT2D eigenvalue weighted by Gasteiger charge is -2.19. The summed E-state index contributed by atoms with van der Waals surface area (Å²) in [6.45, 7) is 3.99. The Morgan fingerprint density at radius 1 is 1.38 bits per heavy atom. The summed E-state index contributed by atoms with van der Waals surface area (Å²) in [7, 11) is -3.27. The van der Waals surface area contributed by atoms with Gasteiger partial charge in [-0.1, -0.05) is 13.3 Å². The Morgan fingerprint density at radius 2 is 2.08 bits per heavy atom. The average Bonchev–Trinajstić information content (AvgIpc) is 2.85. The van der Waals surface area contributed by atoms with Crippen LogP contribution >= 0.6 is 0 Å². The van der Waals surface area contributed by atoms with Crippen LogP contribution in [0.5, 0.6) is 0 Å². The fourth-order valence-corrected chi connectivity index (χ4v) is 4.33. The monoisotopic (exact) mass is 354 g/mol. The number of hydrogen-bond acceptors (Lipinski definition) is 4. The molecule has 1 aromatic carbocycles. The predicted octanol–water partition coefficient (Wildman–Crippen LogP) is 1.52. The molecule has 2 N–H and O–H groups in total. The molecule has 0 bridgehead atoms. The van der Waals surface area contributed by atoms with Crippen LogP contribution in [0, 0.1) is 6.92 Å². The van der Waals surface area contributed by atoms with Gasteiger partial charge in [-0.05, 0) is 43.5 Å². The number of sulfonamides is 1. The lowest BCUT2D eigenvalue weighted by atomic mass is 10.1. The number of anilines is 1. The van der Waals surface area contributed by atoms with Gasteiger partial charge >= 0.3 is 5.97 Å². The highest BCUT2D eigenvalue weighted by atomic mass is 32.2. The first-order chi connectivity index (χ1) is 11.3. The third kappa shape index (κ3) is 3.87. The number of carboxylic acid groups (broad SMARTS) is 1. The Hall–Kier alpha value is -2.09. The van der Waals surface area contributed by atoms with Crippen LogP contribution < -0.4 is 9.62 Å². The smallest absolute Gasteiger partial charge is 0.326 e. The van der Waals surface area contributed by atoms with Gasteiger partial charge in [0.1, 0.15) is 6.04 Å². The molecule has 1 amide bonds. The number of aliphatic carboxylic acids is 1. The third-order valence-corrected chi connectivity index (χ3v) is 5.89. The van der Waals surface area contributed by atoms with Gasteiger partial charge in [0, 0.05) is 12.1 Å². The molecule has 1 unspecified atom stereocenters. The van der Waals surface area contributed by atoms with Gasteiger partial charge in [-0.2, -0.15) is 0 Å². The van der Waals surface area contributed by atoms with E-state index in [1.54, 1.807) is 25.1 Å². The minimum absolute atomic E-state index is 0.131. The van der Waals surface area contributed by atoms with Crippen molar-refractivity contribution in [2.75, 3.05) is 16.6 Å². The van der Waals surface area contributed by atoms with E-state index in [2.05, 4.69) is 5.32 Å². The Balaban J connectivity index is 2.20. The van der Waals surface area contributed by atoms with Gasteiger partial charge in [-0.25, -0.2) is 13.2 Å². The van der Waals surface area contributed by atoms with Crippen molar-refractivity contribution in [1.82, 2.24) is 5.32 Å². The summed E-state index contributed by atoms with van der Waals surface area (Å²) in [5.41, 5.74) is 1.48. The second-order valence-corrected chi connectivity index (χ2v) is 7.91. The number of nitrogens with zero attached hydrogens (tertiary/aromatic N) is 1. The van der Waals surface area contributed by atoms with E-state index >= 15 is 0 Å². The number of rotatable bonds is 6. The first kappa shape index (κ1) is 18.3. The zero-order chi connectivity index (χ0) is 17.9. The normalized spacial score (nSPS) is 17.5. The minimum Gasteiger partial charge on any atom is -0.480 e. The zero-order valence-electron chi connectivity index (χ0n) is 13.8. The molecule has 0 aromatic heterocycles. The third-order valence-electron chi connectivity index (χ3n) is 4.02. The van der Waals surface area contributed by atoms with Crippen molar-refractivity contribution in [3.05, 3.63) is 29.3 Å². The lowest BCUT2D eigenvalue weighted by Crippen LogP contribution is -2.40. The molecule has 1 aliphatic heterocycles. The average molecular weight is 354 g/mol. The van der Waals surface area contributed by atoms with E-state index in [0.717, 1.165) is 0 Å². The van der Waals surface area contributed by atoms with E-state index < -0.39 is 27.9 Å². The highest BCUT2D eigenvalue weighted by Crippen LogP contribution is 2.26. The van der Waals surface area contributed by atoms with E-state index in [4.69, 9.17) is 5.11 Å². The molecule has 2 rings (SSSR count). The second-order valence-electron chi connectivity index (χ2n) is 5.89. The summed E-state index contributed by atoms with van der Waals surface area (Å²) in [6.07, 6.45) is 1.58. The number of hydrogen-bond donors (Lipinski definition) is 2. The summed E-state index contributed by atoms with van der Waals surface area (Å²) < 4.78 is 25.3. The van der Waals surface area contributed by atoms with Crippen molar-refractivity contribution < 1.29 is 23.1 Å². The summed E-state index contributed by atoms with van der Waals surface area (Å²) in [5, 5.41) is 11.6. The van der Waals surface area contributed by atoms with Gasteiger partial charge in [-0.15, -0.1) is 0 Å². The number of amides is 1. The maximum absolute atomic E-state index is 12.3. The molecule has 8 heteroatoms.